The fraction of sp³-hybridized carbons (Fsp3) is 0.929. The van der Waals surface area contributed by atoms with Gasteiger partial charge in [0.25, 0.3) is 0 Å². The Kier molecular flexibility index (Phi) is 6.09. The molecular formula is C14H28N2O2. The maximum atomic E-state index is 11.4. The van der Waals surface area contributed by atoms with Crippen LogP contribution in [-0.2, 0) is 4.79 Å². The molecule has 1 unspecified atom stereocenters. The lowest BCUT2D eigenvalue weighted by atomic mass is 9.99. The normalized spacial score (nSPS) is 21.6. The van der Waals surface area contributed by atoms with Gasteiger partial charge in [-0.2, -0.15) is 0 Å². The van der Waals surface area contributed by atoms with Gasteiger partial charge in [-0.05, 0) is 33.4 Å². The van der Waals surface area contributed by atoms with Crippen molar-refractivity contribution < 1.29 is 9.90 Å². The summed E-state index contributed by atoms with van der Waals surface area (Å²) in [6.45, 7) is 4.99. The standard InChI is InChI=1S/C14H28N2O2/c1-4-15-14(2,13(17)18)11-16(3)12-9-7-5-6-8-10-12/h12,15H,4-11H2,1-3H3,(H,17,18). The first-order chi connectivity index (χ1) is 8.49. The zero-order chi connectivity index (χ0) is 13.6. The highest BCUT2D eigenvalue weighted by Crippen LogP contribution is 2.22. The molecule has 0 bridgehead atoms. The molecule has 18 heavy (non-hydrogen) atoms. The van der Waals surface area contributed by atoms with E-state index in [0.29, 0.717) is 19.1 Å². The summed E-state index contributed by atoms with van der Waals surface area (Å²) in [5.41, 5.74) is -0.837. The van der Waals surface area contributed by atoms with Crippen LogP contribution >= 0.6 is 0 Å². The highest BCUT2D eigenvalue weighted by molar-refractivity contribution is 5.78. The van der Waals surface area contributed by atoms with E-state index in [1.807, 2.05) is 6.92 Å². The Morgan fingerprint density at radius 2 is 1.89 bits per heavy atom. The number of nitrogens with one attached hydrogen (secondary N) is 1. The first-order valence-corrected chi connectivity index (χ1v) is 7.18. The minimum Gasteiger partial charge on any atom is -0.480 e. The third-order valence-corrected chi connectivity index (χ3v) is 4.05. The molecule has 0 spiro atoms. The summed E-state index contributed by atoms with van der Waals surface area (Å²) in [6, 6.07) is 0.546. The average molecular weight is 256 g/mol. The molecule has 0 heterocycles. The molecular weight excluding hydrogens is 228 g/mol. The number of aliphatic carboxylic acids is 1. The molecule has 0 amide bonds. The number of likely N-dealkylation sites (N-methyl/N-ethyl adjacent to an activating group) is 2. The Labute approximate surface area is 111 Å². The molecule has 1 rings (SSSR count). The Hall–Kier alpha value is -0.610. The van der Waals surface area contributed by atoms with Crippen molar-refractivity contribution in [3.05, 3.63) is 0 Å². The third kappa shape index (κ3) is 4.25. The summed E-state index contributed by atoms with van der Waals surface area (Å²) in [7, 11) is 2.06. The second kappa shape index (κ2) is 7.10. The van der Waals surface area contributed by atoms with Crippen LogP contribution in [-0.4, -0.2) is 47.7 Å². The Balaban J connectivity index is 2.59. The second-order valence-corrected chi connectivity index (χ2v) is 5.73. The SMILES string of the molecule is CCNC(C)(CN(C)C1CCCCCC1)C(=O)O. The number of carbonyl (C=O) groups is 1. The first kappa shape index (κ1) is 15.4. The molecule has 0 aliphatic heterocycles. The van der Waals surface area contributed by atoms with Gasteiger partial charge in [0.15, 0.2) is 0 Å². The predicted molar refractivity (Wildman–Crippen MR) is 73.8 cm³/mol. The van der Waals surface area contributed by atoms with Crippen molar-refractivity contribution in [2.45, 2.75) is 64.0 Å². The van der Waals surface area contributed by atoms with Gasteiger partial charge in [-0.15, -0.1) is 0 Å². The van der Waals surface area contributed by atoms with Gasteiger partial charge in [-0.3, -0.25) is 4.79 Å². The average Bonchev–Trinajstić information content (AvgIpc) is 2.57. The van der Waals surface area contributed by atoms with Gasteiger partial charge in [0.1, 0.15) is 5.54 Å². The van der Waals surface area contributed by atoms with Crippen molar-refractivity contribution >= 4 is 5.97 Å². The van der Waals surface area contributed by atoms with E-state index in [2.05, 4.69) is 17.3 Å². The van der Waals surface area contributed by atoms with Crippen molar-refractivity contribution in [3.8, 4) is 0 Å². The number of rotatable bonds is 6. The van der Waals surface area contributed by atoms with Crippen molar-refractivity contribution in [2.75, 3.05) is 20.1 Å². The molecule has 4 nitrogen and oxygen atoms in total. The predicted octanol–water partition coefficient (Wildman–Crippen LogP) is 2.09. The van der Waals surface area contributed by atoms with Crippen molar-refractivity contribution in [2.24, 2.45) is 0 Å². The van der Waals surface area contributed by atoms with Gasteiger partial charge in [-0.25, -0.2) is 0 Å². The van der Waals surface area contributed by atoms with Crippen molar-refractivity contribution in [3.63, 3.8) is 0 Å². The van der Waals surface area contributed by atoms with E-state index in [1.54, 1.807) is 6.92 Å². The van der Waals surface area contributed by atoms with Crippen LogP contribution in [0.1, 0.15) is 52.4 Å². The minimum atomic E-state index is -0.837. The third-order valence-electron chi connectivity index (χ3n) is 4.05. The highest BCUT2D eigenvalue weighted by Gasteiger charge is 2.34. The summed E-state index contributed by atoms with van der Waals surface area (Å²) in [5.74, 6) is -0.759. The zero-order valence-corrected chi connectivity index (χ0v) is 12.0. The number of carboxylic acid groups (broad SMARTS) is 1. The quantitative estimate of drug-likeness (QED) is 0.715. The largest absolute Gasteiger partial charge is 0.480 e. The molecule has 0 aromatic rings. The molecule has 0 aromatic heterocycles. The highest BCUT2D eigenvalue weighted by atomic mass is 16.4. The van der Waals surface area contributed by atoms with E-state index in [-0.39, 0.29) is 0 Å². The van der Waals surface area contributed by atoms with Crippen LogP contribution in [0.2, 0.25) is 0 Å². The molecule has 106 valence electrons. The van der Waals surface area contributed by atoms with Crippen LogP contribution < -0.4 is 5.32 Å². The molecule has 0 aromatic carbocycles. The van der Waals surface area contributed by atoms with Gasteiger partial charge >= 0.3 is 5.97 Å². The molecule has 1 aliphatic rings. The van der Waals surface area contributed by atoms with E-state index in [0.717, 1.165) is 0 Å². The summed E-state index contributed by atoms with van der Waals surface area (Å²) in [5, 5.41) is 12.5. The summed E-state index contributed by atoms with van der Waals surface area (Å²) >= 11 is 0. The van der Waals surface area contributed by atoms with E-state index >= 15 is 0 Å². The van der Waals surface area contributed by atoms with Crippen LogP contribution in [0.3, 0.4) is 0 Å². The van der Waals surface area contributed by atoms with Gasteiger partial charge in [-0.1, -0.05) is 32.6 Å². The van der Waals surface area contributed by atoms with Crippen LogP contribution in [0, 0.1) is 0 Å². The lowest BCUT2D eigenvalue weighted by Gasteiger charge is -2.35. The molecule has 0 saturated heterocycles. The molecule has 2 N–H and O–H groups in total. The summed E-state index contributed by atoms with van der Waals surface area (Å²) in [4.78, 5) is 13.6. The molecule has 1 fully saturated rings. The molecule has 4 heteroatoms. The molecule has 1 aliphatic carbocycles. The van der Waals surface area contributed by atoms with Crippen molar-refractivity contribution in [1.82, 2.24) is 10.2 Å². The molecule has 1 saturated carbocycles. The monoisotopic (exact) mass is 256 g/mol. The van der Waals surface area contributed by atoms with E-state index in [4.69, 9.17) is 0 Å². The van der Waals surface area contributed by atoms with Gasteiger partial charge in [0.2, 0.25) is 0 Å². The van der Waals surface area contributed by atoms with Crippen LogP contribution in [0.4, 0.5) is 0 Å². The van der Waals surface area contributed by atoms with Crippen LogP contribution in [0.25, 0.3) is 0 Å². The fourth-order valence-corrected chi connectivity index (χ4v) is 2.92. The lowest BCUT2D eigenvalue weighted by Crippen LogP contribution is -2.57. The van der Waals surface area contributed by atoms with Gasteiger partial charge in [0, 0.05) is 12.6 Å². The van der Waals surface area contributed by atoms with E-state index < -0.39 is 11.5 Å². The topological polar surface area (TPSA) is 52.6 Å². The maximum Gasteiger partial charge on any atom is 0.324 e. The first-order valence-electron chi connectivity index (χ1n) is 7.18. The van der Waals surface area contributed by atoms with Crippen LogP contribution in [0.5, 0.6) is 0 Å². The van der Waals surface area contributed by atoms with Crippen LogP contribution in [0.15, 0.2) is 0 Å². The molecule has 0 radical (unpaired) electrons. The Morgan fingerprint density at radius 1 is 1.33 bits per heavy atom. The smallest absolute Gasteiger partial charge is 0.324 e. The van der Waals surface area contributed by atoms with E-state index in [1.165, 1.54) is 38.5 Å². The Morgan fingerprint density at radius 3 is 2.33 bits per heavy atom. The fourth-order valence-electron chi connectivity index (χ4n) is 2.92. The zero-order valence-electron chi connectivity index (χ0n) is 12.0. The Bertz CT molecular complexity index is 263. The maximum absolute atomic E-state index is 11.4. The summed E-state index contributed by atoms with van der Waals surface area (Å²) < 4.78 is 0. The number of nitrogens with zero attached hydrogens (tertiary/aromatic N) is 1. The number of hydrogen-bond donors (Lipinski definition) is 2. The van der Waals surface area contributed by atoms with Gasteiger partial charge in [0.05, 0.1) is 0 Å². The van der Waals surface area contributed by atoms with Gasteiger partial charge < -0.3 is 15.3 Å². The van der Waals surface area contributed by atoms with Crippen molar-refractivity contribution in [1.29, 1.82) is 0 Å². The lowest BCUT2D eigenvalue weighted by molar-refractivity contribution is -0.145. The number of hydrogen-bond acceptors (Lipinski definition) is 3. The second-order valence-electron chi connectivity index (χ2n) is 5.73. The number of carboxylic acids is 1. The van der Waals surface area contributed by atoms with E-state index in [9.17, 15) is 9.90 Å². The summed E-state index contributed by atoms with van der Waals surface area (Å²) in [6.07, 6.45) is 7.62. The molecule has 1 atom stereocenters. The minimum absolute atomic E-state index is 0.546.